The van der Waals surface area contributed by atoms with Crippen LogP contribution in [0, 0.1) is 5.82 Å². The van der Waals surface area contributed by atoms with Crippen molar-refractivity contribution in [2.24, 2.45) is 0 Å². The lowest BCUT2D eigenvalue weighted by Gasteiger charge is -2.21. The molecule has 1 heterocycles. The summed E-state index contributed by atoms with van der Waals surface area (Å²) in [6.45, 7) is 3.55. The first-order valence-electron chi connectivity index (χ1n) is 7.08. The maximum absolute atomic E-state index is 13.6. The highest BCUT2D eigenvalue weighted by Gasteiger charge is 2.20. The second kappa shape index (κ2) is 7.58. The van der Waals surface area contributed by atoms with Gasteiger partial charge in [-0.2, -0.15) is 0 Å². The number of nitrogens with zero attached hydrogens (tertiary/aromatic N) is 2. The Kier molecular flexibility index (Phi) is 5.76. The van der Waals surface area contributed by atoms with E-state index in [0.717, 1.165) is 6.42 Å². The first-order chi connectivity index (χ1) is 10.5. The topological polar surface area (TPSA) is 49.9 Å². The highest BCUT2D eigenvalue weighted by atomic mass is 79.9. The Morgan fingerprint density at radius 1 is 1.23 bits per heavy atom. The van der Waals surface area contributed by atoms with Crippen LogP contribution in [0.3, 0.4) is 0 Å². The average molecular weight is 373 g/mol. The van der Waals surface area contributed by atoms with Crippen molar-refractivity contribution >= 4 is 27.7 Å². The smallest absolute Gasteiger partial charge is 0.260 e. The summed E-state index contributed by atoms with van der Waals surface area (Å²) < 4.78 is 19.5. The second-order valence-corrected chi connectivity index (χ2v) is 6.02. The average Bonchev–Trinajstić information content (AvgIpc) is 2.72. The van der Waals surface area contributed by atoms with Crippen molar-refractivity contribution in [1.82, 2.24) is 9.80 Å². The quantitative estimate of drug-likeness (QED) is 0.815. The van der Waals surface area contributed by atoms with E-state index in [2.05, 4.69) is 15.9 Å². The monoisotopic (exact) mass is 372 g/mol. The molecule has 120 valence electrons. The summed E-state index contributed by atoms with van der Waals surface area (Å²) in [5.74, 6) is -0.646. The van der Waals surface area contributed by atoms with Crippen molar-refractivity contribution in [2.45, 2.75) is 13.3 Å². The molecule has 0 aromatic heterocycles. The van der Waals surface area contributed by atoms with Crippen LogP contribution in [0.25, 0.3) is 0 Å². The molecule has 0 atom stereocenters. The lowest BCUT2D eigenvalue weighted by molar-refractivity contribution is -0.134. The first-order valence-corrected chi connectivity index (χ1v) is 7.88. The predicted molar refractivity (Wildman–Crippen MR) is 83.0 cm³/mol. The second-order valence-electron chi connectivity index (χ2n) is 5.10. The van der Waals surface area contributed by atoms with Crippen molar-refractivity contribution in [3.8, 4) is 5.75 Å². The van der Waals surface area contributed by atoms with Crippen LogP contribution in [0.1, 0.15) is 13.3 Å². The van der Waals surface area contributed by atoms with Gasteiger partial charge >= 0.3 is 0 Å². The Morgan fingerprint density at radius 3 is 2.59 bits per heavy atom. The number of carbonyl (C=O) groups is 2. The number of hydrogen-bond donors (Lipinski definition) is 0. The standard InChI is InChI=1S/C15H18BrFN2O3/c1-11(20)18-5-2-6-19(8-7-18)15(21)10-22-14-4-3-12(16)9-13(14)17/h3-4,9H,2,5-8,10H2,1H3. The third-order valence-electron chi connectivity index (χ3n) is 3.54. The van der Waals surface area contributed by atoms with Crippen LogP contribution in [0.15, 0.2) is 22.7 Å². The predicted octanol–water partition coefficient (Wildman–Crippen LogP) is 2.05. The van der Waals surface area contributed by atoms with Crippen molar-refractivity contribution in [3.05, 3.63) is 28.5 Å². The van der Waals surface area contributed by atoms with E-state index < -0.39 is 5.82 Å². The minimum Gasteiger partial charge on any atom is -0.481 e. The van der Waals surface area contributed by atoms with E-state index in [1.54, 1.807) is 15.9 Å². The van der Waals surface area contributed by atoms with Gasteiger partial charge in [-0.1, -0.05) is 15.9 Å². The normalized spacial score (nSPS) is 15.4. The zero-order valence-corrected chi connectivity index (χ0v) is 13.9. The lowest BCUT2D eigenvalue weighted by atomic mass is 10.3. The number of hydrogen-bond acceptors (Lipinski definition) is 3. The number of carbonyl (C=O) groups excluding carboxylic acids is 2. The van der Waals surface area contributed by atoms with Gasteiger partial charge in [-0.3, -0.25) is 9.59 Å². The van der Waals surface area contributed by atoms with Gasteiger partial charge in [-0.05, 0) is 24.6 Å². The van der Waals surface area contributed by atoms with Crippen LogP contribution < -0.4 is 4.74 Å². The highest BCUT2D eigenvalue weighted by molar-refractivity contribution is 9.10. The Bertz CT molecular complexity index is 568. The Labute approximate surface area is 137 Å². The molecule has 1 aliphatic heterocycles. The van der Waals surface area contributed by atoms with E-state index in [1.807, 2.05) is 0 Å². The summed E-state index contributed by atoms with van der Waals surface area (Å²) in [5, 5.41) is 0. The van der Waals surface area contributed by atoms with Gasteiger partial charge < -0.3 is 14.5 Å². The molecule has 0 N–H and O–H groups in total. The van der Waals surface area contributed by atoms with Gasteiger partial charge in [-0.15, -0.1) is 0 Å². The van der Waals surface area contributed by atoms with Crippen LogP contribution in [-0.4, -0.2) is 54.4 Å². The molecule has 0 unspecified atom stereocenters. The van der Waals surface area contributed by atoms with Crippen molar-refractivity contribution in [2.75, 3.05) is 32.8 Å². The minimum absolute atomic E-state index is 0.0162. The van der Waals surface area contributed by atoms with Crippen LogP contribution >= 0.6 is 15.9 Å². The summed E-state index contributed by atoms with van der Waals surface area (Å²) in [7, 11) is 0. The van der Waals surface area contributed by atoms with Gasteiger partial charge in [0.25, 0.3) is 5.91 Å². The molecule has 2 rings (SSSR count). The number of halogens is 2. The number of amides is 2. The van der Waals surface area contributed by atoms with Crippen LogP contribution in [0.4, 0.5) is 4.39 Å². The van der Waals surface area contributed by atoms with Crippen molar-refractivity contribution in [3.63, 3.8) is 0 Å². The summed E-state index contributed by atoms with van der Waals surface area (Å²) in [4.78, 5) is 26.9. The van der Waals surface area contributed by atoms with Gasteiger partial charge in [0.05, 0.1) is 0 Å². The third-order valence-corrected chi connectivity index (χ3v) is 4.03. The van der Waals surface area contributed by atoms with Crippen LogP contribution in [0.2, 0.25) is 0 Å². The fourth-order valence-corrected chi connectivity index (χ4v) is 2.64. The molecular formula is C15H18BrFN2O3. The molecule has 0 bridgehead atoms. The lowest BCUT2D eigenvalue weighted by Crippen LogP contribution is -2.38. The third kappa shape index (κ3) is 4.43. The van der Waals surface area contributed by atoms with Gasteiger partial charge in [-0.25, -0.2) is 4.39 Å². The molecule has 2 amide bonds. The van der Waals surface area contributed by atoms with Gasteiger partial charge in [0.2, 0.25) is 5.91 Å². The maximum Gasteiger partial charge on any atom is 0.260 e. The number of benzene rings is 1. The molecule has 1 aromatic carbocycles. The van der Waals surface area contributed by atoms with Gasteiger partial charge in [0, 0.05) is 37.6 Å². The van der Waals surface area contributed by atoms with Crippen molar-refractivity contribution < 1.29 is 18.7 Å². The van der Waals surface area contributed by atoms with Crippen LogP contribution in [0.5, 0.6) is 5.75 Å². The Morgan fingerprint density at radius 2 is 1.91 bits per heavy atom. The Hall–Kier alpha value is -1.63. The first kappa shape index (κ1) is 16.7. The number of rotatable bonds is 3. The molecule has 22 heavy (non-hydrogen) atoms. The fraction of sp³-hybridized carbons (Fsp3) is 0.467. The SMILES string of the molecule is CC(=O)N1CCCN(C(=O)COc2ccc(Br)cc2F)CC1. The van der Waals surface area contributed by atoms with E-state index >= 15 is 0 Å². The minimum atomic E-state index is -0.513. The molecule has 1 fully saturated rings. The summed E-state index contributed by atoms with van der Waals surface area (Å²) >= 11 is 3.16. The molecule has 0 saturated carbocycles. The van der Waals surface area contributed by atoms with E-state index in [4.69, 9.17) is 4.74 Å². The largest absolute Gasteiger partial charge is 0.481 e. The molecule has 1 saturated heterocycles. The zero-order valence-electron chi connectivity index (χ0n) is 12.3. The molecular weight excluding hydrogens is 355 g/mol. The highest BCUT2D eigenvalue weighted by Crippen LogP contribution is 2.21. The summed E-state index contributed by atoms with van der Waals surface area (Å²) in [6.07, 6.45) is 0.734. The van der Waals surface area contributed by atoms with E-state index in [9.17, 15) is 14.0 Å². The Balaban J connectivity index is 1.88. The molecule has 0 spiro atoms. The zero-order chi connectivity index (χ0) is 16.1. The number of ether oxygens (including phenoxy) is 1. The van der Waals surface area contributed by atoms with Crippen LogP contribution in [-0.2, 0) is 9.59 Å². The summed E-state index contributed by atoms with van der Waals surface area (Å²) in [6, 6.07) is 4.42. The summed E-state index contributed by atoms with van der Waals surface area (Å²) in [5.41, 5.74) is 0. The fourth-order valence-electron chi connectivity index (χ4n) is 2.30. The molecule has 1 aromatic rings. The van der Waals surface area contributed by atoms with E-state index in [-0.39, 0.29) is 24.2 Å². The van der Waals surface area contributed by atoms with Crippen molar-refractivity contribution in [1.29, 1.82) is 0 Å². The molecule has 7 heteroatoms. The molecule has 5 nitrogen and oxygen atoms in total. The van der Waals surface area contributed by atoms with Gasteiger partial charge in [0.1, 0.15) is 0 Å². The van der Waals surface area contributed by atoms with Gasteiger partial charge in [0.15, 0.2) is 18.2 Å². The molecule has 0 aliphatic carbocycles. The molecule has 0 radical (unpaired) electrons. The molecule has 1 aliphatic rings. The maximum atomic E-state index is 13.6. The van der Waals surface area contributed by atoms with E-state index in [0.29, 0.717) is 30.7 Å². The van der Waals surface area contributed by atoms with E-state index in [1.165, 1.54) is 19.1 Å².